The molecule has 2 aliphatic heterocycles. The van der Waals surface area contributed by atoms with Gasteiger partial charge in [0, 0.05) is 29.5 Å². The summed E-state index contributed by atoms with van der Waals surface area (Å²) in [7, 11) is 0. The van der Waals surface area contributed by atoms with E-state index in [2.05, 4.69) is 0 Å². The molecule has 4 rings (SSSR count). The second kappa shape index (κ2) is 11.0. The van der Waals surface area contributed by atoms with Crippen LogP contribution >= 0.6 is 0 Å². The average molecular weight is 533 g/mol. The molecule has 0 aromatic heterocycles. The van der Waals surface area contributed by atoms with E-state index in [1.807, 2.05) is 0 Å². The van der Waals surface area contributed by atoms with Crippen LogP contribution in [0.4, 0.5) is 0 Å². The van der Waals surface area contributed by atoms with Crippen molar-refractivity contribution in [1.29, 1.82) is 0 Å². The van der Waals surface area contributed by atoms with Crippen LogP contribution in [0.2, 0.25) is 0 Å². The Kier molecular flexibility index (Phi) is 8.23. The predicted molar refractivity (Wildman–Crippen MR) is 133 cm³/mol. The van der Waals surface area contributed by atoms with Gasteiger partial charge in [0.15, 0.2) is 24.1 Å². The number of carbonyl (C=O) groups excluding carboxylic acids is 3. The van der Waals surface area contributed by atoms with Crippen molar-refractivity contribution in [2.45, 2.75) is 103 Å². The molecule has 9 atom stereocenters. The molecule has 1 aromatic carbocycles. The van der Waals surface area contributed by atoms with E-state index in [1.54, 1.807) is 27.7 Å². The number of esters is 1. The fourth-order valence-corrected chi connectivity index (χ4v) is 5.32. The number of aliphatic hydroxyl groups excluding tert-OH is 2. The molecule has 2 saturated heterocycles. The van der Waals surface area contributed by atoms with Crippen molar-refractivity contribution >= 4 is 17.5 Å². The van der Waals surface area contributed by atoms with Crippen molar-refractivity contribution in [1.82, 2.24) is 0 Å². The summed E-state index contributed by atoms with van der Waals surface area (Å²) < 4.78 is 23.0. The number of fused-ring (bicyclic) bond motifs is 1. The van der Waals surface area contributed by atoms with Gasteiger partial charge >= 0.3 is 5.97 Å². The first-order chi connectivity index (χ1) is 17.8. The lowest BCUT2D eigenvalue weighted by Crippen LogP contribution is -2.57. The minimum absolute atomic E-state index is 0.00969. The smallest absolute Gasteiger partial charge is 0.312 e. The minimum Gasteiger partial charge on any atom is -0.459 e. The highest BCUT2D eigenvalue weighted by molar-refractivity contribution is 6.24. The maximum atomic E-state index is 12.9. The maximum Gasteiger partial charge on any atom is 0.312 e. The fraction of sp³-hybridized carbons (Fsp3) is 0.607. The summed E-state index contributed by atoms with van der Waals surface area (Å²) in [5.41, 5.74) is -0.135. The van der Waals surface area contributed by atoms with E-state index in [1.165, 1.54) is 31.2 Å². The van der Waals surface area contributed by atoms with Gasteiger partial charge in [0.05, 0.1) is 29.8 Å². The highest BCUT2D eigenvalue weighted by Gasteiger charge is 2.46. The predicted octanol–water partition coefficient (Wildman–Crippen LogP) is 2.38. The number of ketones is 2. The van der Waals surface area contributed by atoms with Crippen LogP contribution in [0.3, 0.4) is 0 Å². The summed E-state index contributed by atoms with van der Waals surface area (Å²) in [4.78, 5) is 37.6. The third-order valence-electron chi connectivity index (χ3n) is 7.59. The summed E-state index contributed by atoms with van der Waals surface area (Å²) in [5, 5.41) is 31.3. The third-order valence-corrected chi connectivity index (χ3v) is 7.59. The number of allylic oxidation sites excluding steroid dienone is 2. The zero-order chi connectivity index (χ0) is 27.9. The Morgan fingerprint density at radius 1 is 1.13 bits per heavy atom. The summed E-state index contributed by atoms with van der Waals surface area (Å²) >= 11 is 0. The van der Waals surface area contributed by atoms with E-state index in [-0.39, 0.29) is 29.1 Å². The minimum atomic E-state index is -1.30. The molecule has 10 heteroatoms. The van der Waals surface area contributed by atoms with E-state index >= 15 is 0 Å². The summed E-state index contributed by atoms with van der Waals surface area (Å²) in [6.07, 6.45) is -3.21. The van der Waals surface area contributed by atoms with E-state index in [9.17, 15) is 29.7 Å². The van der Waals surface area contributed by atoms with Crippen molar-refractivity contribution < 1.29 is 48.7 Å². The van der Waals surface area contributed by atoms with Crippen molar-refractivity contribution in [3.05, 3.63) is 46.5 Å². The largest absolute Gasteiger partial charge is 0.459 e. The first kappa shape index (κ1) is 28.5. The lowest BCUT2D eigenvalue weighted by Gasteiger charge is -2.45. The summed E-state index contributed by atoms with van der Waals surface area (Å²) in [5.74, 6) is -2.13. The maximum absolute atomic E-state index is 12.9. The first-order valence-corrected chi connectivity index (χ1v) is 12.9. The number of rotatable bonds is 6. The monoisotopic (exact) mass is 532 g/mol. The fourth-order valence-electron chi connectivity index (χ4n) is 5.32. The number of Topliss-reactive ketones (excluding diaryl/α,β-unsaturated/α-hetero) is 1. The Labute approximate surface area is 221 Å². The van der Waals surface area contributed by atoms with E-state index in [4.69, 9.17) is 18.9 Å². The number of ether oxygens (including phenoxy) is 4. The van der Waals surface area contributed by atoms with Crippen LogP contribution in [0.15, 0.2) is 29.8 Å². The van der Waals surface area contributed by atoms with Gasteiger partial charge in [-0.2, -0.15) is 0 Å². The molecular weight excluding hydrogens is 496 g/mol. The van der Waals surface area contributed by atoms with Crippen LogP contribution in [-0.4, -0.2) is 75.5 Å². The van der Waals surface area contributed by atoms with Crippen molar-refractivity contribution in [3.8, 4) is 0 Å². The molecule has 2 heterocycles. The van der Waals surface area contributed by atoms with Crippen molar-refractivity contribution in [2.75, 3.05) is 0 Å². The van der Waals surface area contributed by atoms with Crippen LogP contribution in [0, 0.1) is 5.92 Å². The Bertz CT molecular complexity index is 1120. The molecule has 3 aliphatic rings. The van der Waals surface area contributed by atoms with E-state index < -0.39 is 60.6 Å². The molecule has 0 spiro atoms. The Morgan fingerprint density at radius 2 is 1.84 bits per heavy atom. The van der Waals surface area contributed by atoms with Gasteiger partial charge < -0.3 is 34.3 Å². The molecule has 0 radical (unpaired) electrons. The molecule has 0 amide bonds. The number of hydrogen-bond donors (Lipinski definition) is 3. The first-order valence-electron chi connectivity index (χ1n) is 12.9. The zero-order valence-electron chi connectivity index (χ0n) is 22.2. The third kappa shape index (κ3) is 5.75. The normalized spacial score (nSPS) is 35.2. The van der Waals surface area contributed by atoms with Gasteiger partial charge in [-0.25, -0.2) is 0 Å². The average Bonchev–Trinajstić information content (AvgIpc) is 2.84. The second-order valence-electron chi connectivity index (χ2n) is 10.8. The second-order valence-corrected chi connectivity index (χ2v) is 10.8. The van der Waals surface area contributed by atoms with Gasteiger partial charge in [0.25, 0.3) is 0 Å². The number of aliphatic hydroxyl groups is 3. The van der Waals surface area contributed by atoms with Crippen LogP contribution in [0.1, 0.15) is 86.3 Å². The van der Waals surface area contributed by atoms with Crippen molar-refractivity contribution in [2.24, 2.45) is 5.92 Å². The topological polar surface area (TPSA) is 149 Å². The quantitative estimate of drug-likeness (QED) is 0.466. The highest BCUT2D eigenvalue weighted by atomic mass is 16.7. The molecule has 0 bridgehead atoms. The summed E-state index contributed by atoms with van der Waals surface area (Å²) in [6.45, 7) is 8.15. The number of carbonyl (C=O) groups is 3. The van der Waals surface area contributed by atoms with Gasteiger partial charge in [-0.1, -0.05) is 6.07 Å². The molecule has 1 aromatic rings. The molecule has 2 fully saturated rings. The van der Waals surface area contributed by atoms with Gasteiger partial charge in [0.2, 0.25) is 0 Å². The Hall–Kier alpha value is -2.47. The van der Waals surface area contributed by atoms with Gasteiger partial charge in [-0.05, 0) is 64.8 Å². The number of benzene rings is 1. The molecule has 1 aliphatic carbocycles. The molecule has 9 unspecified atom stereocenters. The van der Waals surface area contributed by atoms with Crippen LogP contribution in [0.5, 0.6) is 0 Å². The van der Waals surface area contributed by atoms with Gasteiger partial charge in [-0.15, -0.1) is 0 Å². The van der Waals surface area contributed by atoms with E-state index in [0.717, 1.165) is 0 Å². The van der Waals surface area contributed by atoms with Crippen LogP contribution < -0.4 is 0 Å². The lowest BCUT2D eigenvalue weighted by molar-refractivity contribution is -0.317. The SMILES string of the molecule is CC1=CC(=O)c2cc(C(O)C(C)C(=O)OC3CCC(OC4C(C)OC(O)CC4(C)O)OC3C)ccc2C1=O. The molecule has 3 N–H and O–H groups in total. The van der Waals surface area contributed by atoms with Crippen LogP contribution in [0.25, 0.3) is 0 Å². The molecule has 38 heavy (non-hydrogen) atoms. The van der Waals surface area contributed by atoms with Crippen molar-refractivity contribution in [3.63, 3.8) is 0 Å². The lowest BCUT2D eigenvalue weighted by atomic mass is 9.86. The Balaban J connectivity index is 1.34. The molecule has 10 nitrogen and oxygen atoms in total. The Morgan fingerprint density at radius 3 is 2.50 bits per heavy atom. The molecule has 208 valence electrons. The van der Waals surface area contributed by atoms with Gasteiger partial charge in [-0.3, -0.25) is 14.4 Å². The molecule has 0 saturated carbocycles. The molecular formula is C28H36O10. The highest BCUT2D eigenvalue weighted by Crippen LogP contribution is 2.34. The summed E-state index contributed by atoms with van der Waals surface area (Å²) in [6, 6.07) is 4.48. The van der Waals surface area contributed by atoms with Crippen LogP contribution in [-0.2, 0) is 23.7 Å². The zero-order valence-corrected chi connectivity index (χ0v) is 22.2. The van der Waals surface area contributed by atoms with Gasteiger partial charge in [0.1, 0.15) is 12.2 Å². The van der Waals surface area contributed by atoms with E-state index in [0.29, 0.717) is 24.0 Å². The number of hydrogen-bond acceptors (Lipinski definition) is 10. The standard InChI is InChI=1S/C28H36O10/c1-13-10-20(29)19-11-17(6-7-18(19)24(13)31)25(32)14(2)27(33)37-21-8-9-23(36-15(21)3)38-26-16(4)35-22(30)12-28(26,5)34/h6-7,10-11,14-16,21-23,25-26,30,32,34H,8-9,12H2,1-5H3.